The second-order valence-corrected chi connectivity index (χ2v) is 9.33. The summed E-state index contributed by atoms with van der Waals surface area (Å²) in [6.45, 7) is 8.15. The van der Waals surface area contributed by atoms with Gasteiger partial charge in [-0.25, -0.2) is 8.42 Å². The van der Waals surface area contributed by atoms with Crippen LogP contribution < -0.4 is 10.6 Å². The molecule has 0 aromatic carbocycles. The average Bonchev–Trinajstić information content (AvgIpc) is 2.80. The van der Waals surface area contributed by atoms with E-state index in [0.29, 0.717) is 24.1 Å². The molecule has 0 bridgehead atoms. The van der Waals surface area contributed by atoms with Crippen molar-refractivity contribution >= 4 is 39.8 Å². The van der Waals surface area contributed by atoms with Crippen molar-refractivity contribution in [2.75, 3.05) is 24.6 Å². The smallest absolute Gasteiger partial charge is 0.191 e. The van der Waals surface area contributed by atoms with Crippen molar-refractivity contribution in [1.82, 2.24) is 10.6 Å². The molecule has 23 heavy (non-hydrogen) atoms. The fourth-order valence-corrected chi connectivity index (χ4v) is 5.28. The minimum Gasteiger partial charge on any atom is -0.357 e. The highest BCUT2D eigenvalue weighted by Crippen LogP contribution is 2.29. The van der Waals surface area contributed by atoms with Crippen LogP contribution in [0.1, 0.15) is 46.5 Å². The predicted molar refractivity (Wildman–Crippen MR) is 107 cm³/mol. The zero-order chi connectivity index (χ0) is 16.2. The molecule has 4 atom stereocenters. The maximum Gasteiger partial charge on any atom is 0.191 e. The van der Waals surface area contributed by atoms with Crippen LogP contribution in [0.5, 0.6) is 0 Å². The number of rotatable bonds is 4. The lowest BCUT2D eigenvalue weighted by molar-refractivity contribution is 0.239. The van der Waals surface area contributed by atoms with E-state index < -0.39 is 9.84 Å². The van der Waals surface area contributed by atoms with Crippen LogP contribution in [0.2, 0.25) is 0 Å². The molecule has 2 N–H and O–H groups in total. The van der Waals surface area contributed by atoms with E-state index in [2.05, 4.69) is 36.4 Å². The Kier molecular flexibility index (Phi) is 8.61. The SMILES string of the molecule is CCNC(=NCC1CCS(=O)(=O)C1)NC1CCC(C)C(C)C1.I. The summed E-state index contributed by atoms with van der Waals surface area (Å²) in [6.07, 6.45) is 4.39. The summed E-state index contributed by atoms with van der Waals surface area (Å²) >= 11 is 0. The zero-order valence-electron chi connectivity index (χ0n) is 14.5. The first-order valence-corrected chi connectivity index (χ1v) is 10.5. The topological polar surface area (TPSA) is 70.6 Å². The summed E-state index contributed by atoms with van der Waals surface area (Å²) < 4.78 is 23.0. The molecule has 7 heteroatoms. The second kappa shape index (κ2) is 9.44. The van der Waals surface area contributed by atoms with Gasteiger partial charge in [0.25, 0.3) is 0 Å². The van der Waals surface area contributed by atoms with E-state index in [1.165, 1.54) is 19.3 Å². The molecule has 0 aromatic rings. The molecule has 1 aliphatic heterocycles. The predicted octanol–water partition coefficient (Wildman–Crippen LogP) is 2.42. The van der Waals surface area contributed by atoms with Gasteiger partial charge in [0.1, 0.15) is 0 Å². The fourth-order valence-electron chi connectivity index (χ4n) is 3.43. The van der Waals surface area contributed by atoms with E-state index in [0.717, 1.165) is 30.8 Å². The molecule has 2 fully saturated rings. The molecule has 4 unspecified atom stereocenters. The number of hydrogen-bond donors (Lipinski definition) is 2. The van der Waals surface area contributed by atoms with Crippen LogP contribution in [-0.2, 0) is 9.84 Å². The van der Waals surface area contributed by atoms with Crippen LogP contribution in [-0.4, -0.2) is 45.0 Å². The lowest BCUT2D eigenvalue weighted by atomic mass is 9.79. The third kappa shape index (κ3) is 6.76. The largest absolute Gasteiger partial charge is 0.357 e. The number of nitrogens with one attached hydrogen (secondary N) is 2. The van der Waals surface area contributed by atoms with Gasteiger partial charge < -0.3 is 10.6 Å². The molecule has 1 saturated heterocycles. The molecule has 1 heterocycles. The summed E-state index contributed by atoms with van der Waals surface area (Å²) in [5.74, 6) is 3.21. The van der Waals surface area contributed by atoms with Gasteiger partial charge in [0.15, 0.2) is 15.8 Å². The van der Waals surface area contributed by atoms with Crippen LogP contribution >= 0.6 is 24.0 Å². The lowest BCUT2D eigenvalue weighted by Gasteiger charge is -2.33. The second-order valence-electron chi connectivity index (χ2n) is 7.10. The van der Waals surface area contributed by atoms with E-state index in [1.807, 2.05) is 0 Å². The fraction of sp³-hybridized carbons (Fsp3) is 0.938. The summed E-state index contributed by atoms with van der Waals surface area (Å²) in [4.78, 5) is 4.63. The molecule has 1 aliphatic carbocycles. The number of nitrogens with zero attached hydrogens (tertiary/aromatic N) is 1. The minimum absolute atomic E-state index is 0. The van der Waals surface area contributed by atoms with Crippen molar-refractivity contribution in [3.63, 3.8) is 0 Å². The first-order valence-electron chi connectivity index (χ1n) is 8.65. The number of halogens is 1. The van der Waals surface area contributed by atoms with Crippen LogP contribution in [0.15, 0.2) is 4.99 Å². The summed E-state index contributed by atoms with van der Waals surface area (Å²) in [5.41, 5.74) is 0. The van der Waals surface area contributed by atoms with Crippen molar-refractivity contribution in [3.8, 4) is 0 Å². The third-order valence-electron chi connectivity index (χ3n) is 5.12. The third-order valence-corrected chi connectivity index (χ3v) is 6.95. The monoisotopic (exact) mass is 457 g/mol. The van der Waals surface area contributed by atoms with E-state index in [-0.39, 0.29) is 29.9 Å². The van der Waals surface area contributed by atoms with Gasteiger partial charge in [-0.2, -0.15) is 0 Å². The van der Waals surface area contributed by atoms with E-state index in [4.69, 9.17) is 0 Å². The van der Waals surface area contributed by atoms with Crippen LogP contribution in [0.4, 0.5) is 0 Å². The average molecular weight is 457 g/mol. The van der Waals surface area contributed by atoms with Gasteiger partial charge in [-0.3, -0.25) is 4.99 Å². The van der Waals surface area contributed by atoms with Gasteiger partial charge in [-0.1, -0.05) is 13.8 Å². The lowest BCUT2D eigenvalue weighted by Crippen LogP contribution is -2.46. The standard InChI is InChI=1S/C16H31N3O2S.HI/c1-4-17-16(18-10-14-7-8-22(20,21)11-14)19-15-6-5-12(2)13(3)9-15;/h12-15H,4-11H2,1-3H3,(H2,17,18,19);1H. The van der Waals surface area contributed by atoms with Crippen molar-refractivity contribution < 1.29 is 8.42 Å². The molecular formula is C16H32IN3O2S. The van der Waals surface area contributed by atoms with Gasteiger partial charge in [-0.15, -0.1) is 24.0 Å². The summed E-state index contributed by atoms with van der Waals surface area (Å²) in [6, 6.07) is 0.483. The highest BCUT2D eigenvalue weighted by atomic mass is 127. The molecule has 1 saturated carbocycles. The Bertz CT molecular complexity index is 496. The van der Waals surface area contributed by atoms with E-state index >= 15 is 0 Å². The Morgan fingerprint density at radius 2 is 1.91 bits per heavy atom. The van der Waals surface area contributed by atoms with Gasteiger partial charge >= 0.3 is 0 Å². The van der Waals surface area contributed by atoms with Gasteiger partial charge in [-0.05, 0) is 50.4 Å². The molecule has 0 amide bonds. The number of hydrogen-bond acceptors (Lipinski definition) is 3. The van der Waals surface area contributed by atoms with Crippen LogP contribution in [0.25, 0.3) is 0 Å². The summed E-state index contributed by atoms with van der Waals surface area (Å²) in [7, 11) is -2.81. The minimum atomic E-state index is -2.81. The maximum atomic E-state index is 11.5. The Balaban J connectivity index is 0.00000264. The van der Waals surface area contributed by atoms with Crippen molar-refractivity contribution in [2.24, 2.45) is 22.7 Å². The molecular weight excluding hydrogens is 425 g/mol. The number of guanidine groups is 1. The first-order chi connectivity index (χ1) is 10.4. The van der Waals surface area contributed by atoms with Crippen molar-refractivity contribution in [3.05, 3.63) is 0 Å². The zero-order valence-corrected chi connectivity index (χ0v) is 17.7. The Hall–Kier alpha value is -0.0500. The van der Waals surface area contributed by atoms with Crippen molar-refractivity contribution in [2.45, 2.75) is 52.5 Å². The van der Waals surface area contributed by atoms with Gasteiger partial charge in [0.05, 0.1) is 11.5 Å². The van der Waals surface area contributed by atoms with Gasteiger partial charge in [0.2, 0.25) is 0 Å². The Morgan fingerprint density at radius 1 is 1.17 bits per heavy atom. The quantitative estimate of drug-likeness (QED) is 0.387. The molecule has 0 radical (unpaired) electrons. The molecule has 136 valence electrons. The molecule has 5 nitrogen and oxygen atoms in total. The Labute approximate surface area is 158 Å². The van der Waals surface area contributed by atoms with Crippen molar-refractivity contribution in [1.29, 1.82) is 0 Å². The van der Waals surface area contributed by atoms with E-state index in [9.17, 15) is 8.42 Å². The highest BCUT2D eigenvalue weighted by molar-refractivity contribution is 14.0. The highest BCUT2D eigenvalue weighted by Gasteiger charge is 2.28. The molecule has 0 aromatic heterocycles. The Morgan fingerprint density at radius 3 is 2.48 bits per heavy atom. The molecule has 0 spiro atoms. The molecule has 2 rings (SSSR count). The maximum absolute atomic E-state index is 11.5. The number of aliphatic imine (C=N–C) groups is 1. The van der Waals surface area contributed by atoms with Gasteiger partial charge in [0, 0.05) is 19.1 Å². The van der Waals surface area contributed by atoms with Crippen LogP contribution in [0.3, 0.4) is 0 Å². The van der Waals surface area contributed by atoms with Crippen LogP contribution in [0, 0.1) is 17.8 Å². The van der Waals surface area contributed by atoms with E-state index in [1.54, 1.807) is 0 Å². The molecule has 2 aliphatic rings. The summed E-state index contributed by atoms with van der Waals surface area (Å²) in [5, 5.41) is 6.83. The first kappa shape index (κ1) is 21.0. The number of sulfone groups is 1. The normalized spacial score (nSPS) is 33.8.